The van der Waals surface area contributed by atoms with E-state index < -0.39 is 0 Å². The molecule has 80 valence electrons. The summed E-state index contributed by atoms with van der Waals surface area (Å²) in [5, 5.41) is 6.01. The molecular formula is C9H12N4O2. The molecule has 1 N–H and O–H groups in total. The van der Waals surface area contributed by atoms with Crippen molar-refractivity contribution < 1.29 is 9.21 Å². The van der Waals surface area contributed by atoms with Crippen LogP contribution in [0.4, 0.5) is 0 Å². The molecule has 0 aliphatic carbocycles. The van der Waals surface area contributed by atoms with Crippen LogP contribution in [0, 0.1) is 6.92 Å². The summed E-state index contributed by atoms with van der Waals surface area (Å²) in [6.45, 7) is 2.63. The Bertz CT molecular complexity index is 379. The molecule has 1 amide bonds. The van der Waals surface area contributed by atoms with Gasteiger partial charge in [-0.15, -0.1) is 0 Å². The number of aryl methyl sites for hydroxylation is 1. The van der Waals surface area contributed by atoms with E-state index >= 15 is 0 Å². The van der Waals surface area contributed by atoms with Crippen molar-refractivity contribution in [2.45, 2.75) is 13.3 Å². The lowest BCUT2D eigenvalue weighted by atomic mass is 10.4. The van der Waals surface area contributed by atoms with Gasteiger partial charge in [-0.3, -0.25) is 4.79 Å². The van der Waals surface area contributed by atoms with Crippen LogP contribution >= 0.6 is 0 Å². The molecule has 1 aromatic heterocycles. The number of carbonyl (C=O) groups excluding carboxylic acids is 1. The van der Waals surface area contributed by atoms with Crippen LogP contribution in [-0.2, 0) is 0 Å². The first-order valence-electron chi connectivity index (χ1n) is 4.59. The maximum absolute atomic E-state index is 11.4. The van der Waals surface area contributed by atoms with E-state index in [1.54, 1.807) is 19.1 Å². The lowest BCUT2D eigenvalue weighted by Gasteiger charge is -2.00. The monoisotopic (exact) mass is 208 g/mol. The first-order chi connectivity index (χ1) is 7.24. The molecule has 1 aromatic rings. The second kappa shape index (κ2) is 5.72. The van der Waals surface area contributed by atoms with Gasteiger partial charge in [-0.1, -0.05) is 5.11 Å². The first-order valence-corrected chi connectivity index (χ1v) is 4.59. The van der Waals surface area contributed by atoms with Crippen molar-refractivity contribution in [3.8, 4) is 0 Å². The van der Waals surface area contributed by atoms with Gasteiger partial charge in [0, 0.05) is 18.0 Å². The number of azide groups is 1. The Balaban J connectivity index is 2.27. The van der Waals surface area contributed by atoms with E-state index in [1.807, 2.05) is 0 Å². The molecule has 0 aliphatic heterocycles. The lowest BCUT2D eigenvalue weighted by Crippen LogP contribution is -2.24. The molecule has 1 rings (SSSR count). The summed E-state index contributed by atoms with van der Waals surface area (Å²) in [5.41, 5.74) is 8.01. The number of nitrogens with zero attached hydrogens (tertiary/aromatic N) is 3. The number of carbonyl (C=O) groups is 1. The van der Waals surface area contributed by atoms with Crippen molar-refractivity contribution in [2.75, 3.05) is 13.1 Å². The highest BCUT2D eigenvalue weighted by molar-refractivity contribution is 5.91. The molecule has 15 heavy (non-hydrogen) atoms. The highest BCUT2D eigenvalue weighted by atomic mass is 16.3. The molecule has 0 aliphatic rings. The number of furan rings is 1. The van der Waals surface area contributed by atoms with E-state index in [1.165, 1.54) is 0 Å². The Morgan fingerprint density at radius 3 is 3.07 bits per heavy atom. The largest absolute Gasteiger partial charge is 0.456 e. The van der Waals surface area contributed by atoms with Gasteiger partial charge in [0.1, 0.15) is 5.76 Å². The second-order valence-electron chi connectivity index (χ2n) is 2.97. The molecule has 6 heteroatoms. The van der Waals surface area contributed by atoms with Crippen molar-refractivity contribution in [3.63, 3.8) is 0 Å². The third-order valence-electron chi connectivity index (χ3n) is 1.75. The molecular weight excluding hydrogens is 196 g/mol. The summed E-state index contributed by atoms with van der Waals surface area (Å²) < 4.78 is 5.13. The van der Waals surface area contributed by atoms with Crippen molar-refractivity contribution in [3.05, 3.63) is 34.1 Å². The van der Waals surface area contributed by atoms with E-state index in [-0.39, 0.29) is 5.91 Å². The first kappa shape index (κ1) is 11.1. The van der Waals surface area contributed by atoms with Crippen LogP contribution in [0.2, 0.25) is 0 Å². The van der Waals surface area contributed by atoms with E-state index in [9.17, 15) is 4.79 Å². The average molecular weight is 208 g/mol. The number of hydrogen-bond donors (Lipinski definition) is 1. The Labute approximate surface area is 86.9 Å². The molecule has 0 saturated heterocycles. The van der Waals surface area contributed by atoms with E-state index in [0.29, 0.717) is 31.0 Å². The predicted octanol–water partition coefficient (Wildman–Crippen LogP) is 2.02. The molecule has 0 saturated carbocycles. The van der Waals surface area contributed by atoms with Crippen LogP contribution < -0.4 is 5.32 Å². The summed E-state index contributed by atoms with van der Waals surface area (Å²) in [7, 11) is 0. The molecule has 0 radical (unpaired) electrons. The lowest BCUT2D eigenvalue weighted by molar-refractivity contribution is 0.0924. The predicted molar refractivity (Wildman–Crippen MR) is 54.4 cm³/mol. The SMILES string of the molecule is Cc1ccc(C(=O)NCCCN=[N+]=[N-])o1. The number of nitrogens with one attached hydrogen (secondary N) is 1. The Morgan fingerprint density at radius 2 is 2.47 bits per heavy atom. The fraction of sp³-hybridized carbons (Fsp3) is 0.444. The van der Waals surface area contributed by atoms with Crippen LogP contribution in [-0.4, -0.2) is 19.0 Å². The maximum Gasteiger partial charge on any atom is 0.286 e. The molecule has 0 spiro atoms. The van der Waals surface area contributed by atoms with Crippen LogP contribution in [0.3, 0.4) is 0 Å². The van der Waals surface area contributed by atoms with Gasteiger partial charge in [-0.05, 0) is 31.0 Å². The fourth-order valence-corrected chi connectivity index (χ4v) is 1.04. The number of hydrogen-bond acceptors (Lipinski definition) is 3. The molecule has 0 aromatic carbocycles. The standard InChI is InChI=1S/C9H12N4O2/c1-7-3-4-8(15-7)9(14)11-5-2-6-12-13-10/h3-4H,2,5-6H2,1H3,(H,11,14). The zero-order valence-corrected chi connectivity index (χ0v) is 8.43. The minimum Gasteiger partial charge on any atom is -0.456 e. The molecule has 1 heterocycles. The Kier molecular flexibility index (Phi) is 4.25. The number of amides is 1. The third-order valence-corrected chi connectivity index (χ3v) is 1.75. The Morgan fingerprint density at radius 1 is 1.67 bits per heavy atom. The smallest absolute Gasteiger partial charge is 0.286 e. The van der Waals surface area contributed by atoms with Gasteiger partial charge in [0.25, 0.3) is 5.91 Å². The van der Waals surface area contributed by atoms with Gasteiger partial charge < -0.3 is 9.73 Å². The van der Waals surface area contributed by atoms with Crippen molar-refractivity contribution in [2.24, 2.45) is 5.11 Å². The van der Waals surface area contributed by atoms with Crippen LogP contribution in [0.5, 0.6) is 0 Å². The molecule has 0 unspecified atom stereocenters. The topological polar surface area (TPSA) is 91.0 Å². The summed E-state index contributed by atoms with van der Waals surface area (Å²) in [5.74, 6) is 0.759. The molecule has 6 nitrogen and oxygen atoms in total. The van der Waals surface area contributed by atoms with Crippen LogP contribution in [0.25, 0.3) is 10.4 Å². The average Bonchev–Trinajstić information content (AvgIpc) is 2.64. The quantitative estimate of drug-likeness (QED) is 0.347. The fourth-order valence-electron chi connectivity index (χ4n) is 1.04. The highest BCUT2D eigenvalue weighted by Crippen LogP contribution is 2.05. The minimum absolute atomic E-state index is 0.246. The van der Waals surface area contributed by atoms with Gasteiger partial charge in [0.2, 0.25) is 0 Å². The van der Waals surface area contributed by atoms with Gasteiger partial charge in [0.05, 0.1) is 0 Å². The zero-order chi connectivity index (χ0) is 11.1. The second-order valence-corrected chi connectivity index (χ2v) is 2.97. The van der Waals surface area contributed by atoms with Gasteiger partial charge >= 0.3 is 0 Å². The highest BCUT2D eigenvalue weighted by Gasteiger charge is 2.07. The van der Waals surface area contributed by atoms with Crippen LogP contribution in [0.1, 0.15) is 22.7 Å². The molecule has 0 atom stereocenters. The van der Waals surface area contributed by atoms with Gasteiger partial charge in [-0.25, -0.2) is 0 Å². The van der Waals surface area contributed by atoms with Crippen LogP contribution in [0.15, 0.2) is 21.7 Å². The third kappa shape index (κ3) is 3.74. The van der Waals surface area contributed by atoms with Crippen molar-refractivity contribution in [1.29, 1.82) is 0 Å². The van der Waals surface area contributed by atoms with Gasteiger partial charge in [0.15, 0.2) is 5.76 Å². The normalized spacial score (nSPS) is 9.40. The van der Waals surface area contributed by atoms with Gasteiger partial charge in [-0.2, -0.15) is 0 Å². The minimum atomic E-state index is -0.246. The van der Waals surface area contributed by atoms with Crippen molar-refractivity contribution >= 4 is 5.91 Å². The summed E-state index contributed by atoms with van der Waals surface area (Å²) in [6, 6.07) is 3.35. The summed E-state index contributed by atoms with van der Waals surface area (Å²) >= 11 is 0. The van der Waals surface area contributed by atoms with E-state index in [0.717, 1.165) is 0 Å². The summed E-state index contributed by atoms with van der Waals surface area (Å²) in [4.78, 5) is 14.0. The molecule has 0 fully saturated rings. The zero-order valence-electron chi connectivity index (χ0n) is 8.43. The van der Waals surface area contributed by atoms with E-state index in [2.05, 4.69) is 15.3 Å². The van der Waals surface area contributed by atoms with Crippen molar-refractivity contribution in [1.82, 2.24) is 5.32 Å². The molecule has 0 bridgehead atoms. The number of rotatable bonds is 5. The Hall–Kier alpha value is -1.94. The summed E-state index contributed by atoms with van der Waals surface area (Å²) in [6.07, 6.45) is 0.621. The maximum atomic E-state index is 11.4. The van der Waals surface area contributed by atoms with E-state index in [4.69, 9.17) is 9.95 Å².